The summed E-state index contributed by atoms with van der Waals surface area (Å²) in [5.74, 6) is -1.96. The Morgan fingerprint density at radius 1 is 1.03 bits per heavy atom. The molecule has 8 nitrogen and oxygen atoms in total. The fraction of sp³-hybridized carbons (Fsp3) is 0.0556. The van der Waals surface area contributed by atoms with E-state index in [1.807, 2.05) is 0 Å². The number of carboxylic acid groups (broad SMARTS) is 1. The van der Waals surface area contributed by atoms with Gasteiger partial charge in [0.25, 0.3) is 0 Å². The van der Waals surface area contributed by atoms with Crippen LogP contribution in [0.3, 0.4) is 0 Å². The van der Waals surface area contributed by atoms with Crippen molar-refractivity contribution in [1.29, 1.82) is 0 Å². The van der Waals surface area contributed by atoms with Crippen molar-refractivity contribution in [3.05, 3.63) is 59.7 Å². The molecule has 0 atom stereocenters. The first-order chi connectivity index (χ1) is 12.7. The number of hydrogen-bond acceptors (Lipinski definition) is 7. The Labute approximate surface area is 211 Å². The molecular formula is C18H13N2Na2O6S+. The molecule has 0 aliphatic carbocycles. The quantitative estimate of drug-likeness (QED) is 0.275. The summed E-state index contributed by atoms with van der Waals surface area (Å²) in [6.07, 6.45) is 0. The zero-order valence-electron chi connectivity index (χ0n) is 15.9. The van der Waals surface area contributed by atoms with Crippen molar-refractivity contribution in [3.63, 3.8) is 0 Å². The van der Waals surface area contributed by atoms with Gasteiger partial charge in [-0.3, -0.25) is 0 Å². The van der Waals surface area contributed by atoms with E-state index in [1.165, 1.54) is 18.2 Å². The Kier molecular flexibility index (Phi) is 9.00. The van der Waals surface area contributed by atoms with Crippen LogP contribution in [0.1, 0.15) is 15.9 Å². The zero-order chi connectivity index (χ0) is 19.8. The molecule has 0 unspecified atom stereocenters. The summed E-state index contributed by atoms with van der Waals surface area (Å²) in [5.41, 5.74) is -0.173. The molecule has 0 bridgehead atoms. The van der Waals surface area contributed by atoms with Crippen LogP contribution in [0, 0.1) is 6.92 Å². The van der Waals surface area contributed by atoms with Gasteiger partial charge in [-0.15, -0.1) is 10.2 Å². The molecule has 2 N–H and O–H groups in total. The van der Waals surface area contributed by atoms with Crippen molar-refractivity contribution >= 4 is 38.2 Å². The van der Waals surface area contributed by atoms with Gasteiger partial charge in [0.05, 0.1) is 4.90 Å². The van der Waals surface area contributed by atoms with Crippen molar-refractivity contribution in [2.45, 2.75) is 11.8 Å². The minimum absolute atomic E-state index is 0. The maximum atomic E-state index is 11.5. The monoisotopic (exact) mass is 431 g/mol. The molecule has 11 heteroatoms. The van der Waals surface area contributed by atoms with Crippen LogP contribution in [0.15, 0.2) is 63.7 Å². The molecular weight excluding hydrogens is 418 g/mol. The van der Waals surface area contributed by atoms with Crippen LogP contribution in [0.5, 0.6) is 5.75 Å². The number of phenols is 1. The first-order valence-electron chi connectivity index (χ1n) is 7.65. The first-order valence-corrected chi connectivity index (χ1v) is 9.05. The van der Waals surface area contributed by atoms with E-state index in [1.54, 1.807) is 37.3 Å². The number of benzene rings is 3. The topological polar surface area (TPSA) is 139 Å². The predicted molar refractivity (Wildman–Crippen MR) is 95.9 cm³/mol. The molecule has 3 aromatic carbocycles. The summed E-state index contributed by atoms with van der Waals surface area (Å²) < 4.78 is 34.4. The maximum Gasteiger partial charge on any atom is 1.00 e. The van der Waals surface area contributed by atoms with Crippen molar-refractivity contribution in [2.75, 3.05) is 0 Å². The van der Waals surface area contributed by atoms with E-state index in [0.717, 1.165) is 0 Å². The standard InChI is InChI=1S/C18H14N2O6S.2Na/c1-10-6-7-14(15(8-10)27(24,25)26)19-20-16-12-5-3-2-4-11(12)9-13(17(16)21)18(22)23;;/h2-9,21H,1H3,(H,22,23)(H,24,25,26);;/q;2*+1/p-1. The van der Waals surface area contributed by atoms with E-state index in [0.29, 0.717) is 16.3 Å². The van der Waals surface area contributed by atoms with Crippen molar-refractivity contribution in [3.8, 4) is 5.75 Å². The number of carbonyl (C=O) groups is 1. The van der Waals surface area contributed by atoms with Crippen LogP contribution in [0.4, 0.5) is 11.4 Å². The summed E-state index contributed by atoms with van der Waals surface area (Å²) in [4.78, 5) is 10.8. The van der Waals surface area contributed by atoms with Crippen molar-refractivity contribution in [1.82, 2.24) is 0 Å². The van der Waals surface area contributed by atoms with Crippen LogP contribution in [0.2, 0.25) is 0 Å². The molecule has 3 aromatic rings. The fourth-order valence-corrected chi connectivity index (χ4v) is 3.29. The average Bonchev–Trinajstić information content (AvgIpc) is 2.60. The largest absolute Gasteiger partial charge is 1.00 e. The Hall–Kier alpha value is -1.30. The van der Waals surface area contributed by atoms with Crippen LogP contribution in [-0.2, 0) is 10.1 Å². The van der Waals surface area contributed by atoms with Gasteiger partial charge in [-0.1, -0.05) is 30.3 Å². The number of aromatic hydroxyl groups is 1. The number of fused-ring (bicyclic) bond motifs is 1. The van der Waals surface area contributed by atoms with Crippen LogP contribution < -0.4 is 59.1 Å². The summed E-state index contributed by atoms with van der Waals surface area (Å²) in [6, 6.07) is 11.9. The summed E-state index contributed by atoms with van der Waals surface area (Å²) in [7, 11) is -4.79. The third kappa shape index (κ3) is 5.65. The summed E-state index contributed by atoms with van der Waals surface area (Å²) in [5, 5.41) is 28.1. The van der Waals surface area contributed by atoms with Crippen molar-refractivity contribution in [2.24, 2.45) is 10.2 Å². The molecule has 0 amide bonds. The van der Waals surface area contributed by atoms with E-state index in [4.69, 9.17) is 0 Å². The molecule has 0 aliphatic rings. The zero-order valence-corrected chi connectivity index (χ0v) is 20.8. The summed E-state index contributed by atoms with van der Waals surface area (Å²) in [6.45, 7) is 1.62. The number of rotatable bonds is 4. The molecule has 0 saturated heterocycles. The fourth-order valence-electron chi connectivity index (χ4n) is 2.59. The third-order valence-corrected chi connectivity index (χ3v) is 4.73. The molecule has 29 heavy (non-hydrogen) atoms. The predicted octanol–water partition coefficient (Wildman–Crippen LogP) is -2.12. The molecule has 138 valence electrons. The third-order valence-electron chi connectivity index (χ3n) is 3.87. The molecule has 0 saturated carbocycles. The number of aromatic carboxylic acids is 1. The van der Waals surface area contributed by atoms with Crippen LogP contribution >= 0.6 is 0 Å². The number of carboxylic acids is 1. The number of hydrogen-bond donors (Lipinski definition) is 2. The SMILES string of the molecule is Cc1ccc(N=Nc2c(O)c(C(=O)O)cc3ccccc23)c(S(=O)(=O)[O-])c1.[Na+].[Na+]. The molecule has 3 rings (SSSR count). The molecule has 0 aliphatic heterocycles. The second-order valence-corrected chi connectivity index (χ2v) is 7.12. The van der Waals surface area contributed by atoms with E-state index < -0.39 is 26.7 Å². The smallest absolute Gasteiger partial charge is 0.744 e. The van der Waals surface area contributed by atoms with Gasteiger partial charge in [-0.25, -0.2) is 13.2 Å². The first kappa shape index (κ1) is 25.7. The number of aryl methyl sites for hydroxylation is 1. The minimum Gasteiger partial charge on any atom is -0.744 e. The summed E-state index contributed by atoms with van der Waals surface area (Å²) >= 11 is 0. The Bertz CT molecular complexity index is 1210. The Morgan fingerprint density at radius 3 is 2.31 bits per heavy atom. The van der Waals surface area contributed by atoms with Gasteiger partial charge in [-0.2, -0.15) is 0 Å². The van der Waals surface area contributed by atoms with Gasteiger partial charge in [-0.05, 0) is 36.1 Å². The Morgan fingerprint density at radius 2 is 1.69 bits per heavy atom. The Balaban J connectivity index is 0.00000210. The van der Waals surface area contributed by atoms with E-state index in [-0.39, 0.29) is 76.1 Å². The van der Waals surface area contributed by atoms with Crippen LogP contribution in [0.25, 0.3) is 10.8 Å². The van der Waals surface area contributed by atoms with Gasteiger partial charge in [0, 0.05) is 5.39 Å². The average molecular weight is 431 g/mol. The van der Waals surface area contributed by atoms with Crippen LogP contribution in [-0.4, -0.2) is 29.2 Å². The molecule has 0 radical (unpaired) electrons. The second kappa shape index (κ2) is 10.1. The molecule has 0 fully saturated rings. The van der Waals surface area contributed by atoms with Gasteiger partial charge in [0.1, 0.15) is 27.1 Å². The van der Waals surface area contributed by atoms with E-state index >= 15 is 0 Å². The van der Waals surface area contributed by atoms with E-state index in [2.05, 4.69) is 10.2 Å². The number of nitrogens with zero attached hydrogens (tertiary/aromatic N) is 2. The molecule has 0 aromatic heterocycles. The van der Waals surface area contributed by atoms with Gasteiger partial charge < -0.3 is 14.8 Å². The molecule has 0 heterocycles. The normalized spacial score (nSPS) is 11.1. The van der Waals surface area contributed by atoms with Gasteiger partial charge in [0.2, 0.25) is 0 Å². The minimum atomic E-state index is -4.79. The van der Waals surface area contributed by atoms with Gasteiger partial charge >= 0.3 is 65.1 Å². The van der Waals surface area contributed by atoms with Gasteiger partial charge in [0.15, 0.2) is 5.75 Å². The molecule has 0 spiro atoms. The second-order valence-electron chi connectivity index (χ2n) is 5.77. The van der Waals surface area contributed by atoms with Crippen molar-refractivity contribution < 1.29 is 87.1 Å². The van der Waals surface area contributed by atoms with E-state index in [9.17, 15) is 28.0 Å². The maximum absolute atomic E-state index is 11.5. The number of azo groups is 1.